The number of likely N-dealkylation sites (N-methyl/N-ethyl adjacent to an activating group) is 1. The van der Waals surface area contributed by atoms with Gasteiger partial charge in [-0.2, -0.15) is 0 Å². The number of rotatable bonds is 19. The van der Waals surface area contributed by atoms with Crippen molar-refractivity contribution in [1.29, 1.82) is 0 Å². The lowest BCUT2D eigenvalue weighted by Gasteiger charge is -2.28. The second-order valence-electron chi connectivity index (χ2n) is 13.4. The van der Waals surface area contributed by atoms with Gasteiger partial charge in [-0.3, -0.25) is 24.0 Å². The summed E-state index contributed by atoms with van der Waals surface area (Å²) < 4.78 is 14.1. The lowest BCUT2D eigenvalue weighted by Crippen LogP contribution is -2.60. The normalized spacial score (nSPS) is 14.5. The fourth-order valence-electron chi connectivity index (χ4n) is 5.31. The molecule has 0 fully saturated rings. The number of carbonyl (C=O) groups is 5. The van der Waals surface area contributed by atoms with Crippen LogP contribution in [0, 0.1) is 23.6 Å². The maximum Gasteiger partial charge on any atom is 0.243 e. The average Bonchev–Trinajstić information content (AvgIpc) is 3.01. The molecule has 0 saturated heterocycles. The molecule has 0 bridgehead atoms. The van der Waals surface area contributed by atoms with Crippen LogP contribution in [0.15, 0.2) is 54.6 Å². The van der Waals surface area contributed by atoms with E-state index >= 15 is 0 Å². The van der Waals surface area contributed by atoms with E-state index in [1.54, 1.807) is 51.2 Å². The molecule has 2 aromatic carbocycles. The van der Waals surface area contributed by atoms with Crippen molar-refractivity contribution < 1.29 is 28.4 Å². The summed E-state index contributed by atoms with van der Waals surface area (Å²) in [6, 6.07) is 9.81. The standard InChI is InChI=1S/C36H53FN6O5/c1-21(2)16-27(32(38)44)40-34(46)30(20-25-14-11-15-26(37)18-25)41-35(47)29(19-24-12-9-8-10-13-24)42-36(48)31(23(5)6)43-33(45)28(39-7)17-22(3)4/h8-15,18,21-23,27-31,39H,16-17,19-20H2,1-7H3,(H2,38,44)(H,40,46)(H,41,47)(H,42,48)(H,43,45)/t27-,28-,29-,30-,31-/m1/s1. The molecule has 11 nitrogen and oxygen atoms in total. The van der Waals surface area contributed by atoms with Crippen molar-refractivity contribution in [2.75, 3.05) is 7.05 Å². The van der Waals surface area contributed by atoms with E-state index in [0.29, 0.717) is 12.0 Å². The highest BCUT2D eigenvalue weighted by atomic mass is 19.1. The fraction of sp³-hybridized carbons (Fsp3) is 0.528. The molecular weight excluding hydrogens is 615 g/mol. The lowest BCUT2D eigenvalue weighted by atomic mass is 9.98. The Balaban J connectivity index is 2.40. The van der Waals surface area contributed by atoms with Gasteiger partial charge in [-0.25, -0.2) is 4.39 Å². The van der Waals surface area contributed by atoms with Crippen molar-refractivity contribution in [1.82, 2.24) is 26.6 Å². The minimum atomic E-state index is -1.24. The highest BCUT2D eigenvalue weighted by Crippen LogP contribution is 2.12. The summed E-state index contributed by atoms with van der Waals surface area (Å²) in [5.74, 6) is -3.54. The molecule has 0 aromatic heterocycles. The Morgan fingerprint density at radius 3 is 1.60 bits per heavy atom. The second-order valence-corrected chi connectivity index (χ2v) is 13.4. The minimum Gasteiger partial charge on any atom is -0.368 e. The Morgan fingerprint density at radius 2 is 1.10 bits per heavy atom. The largest absolute Gasteiger partial charge is 0.368 e. The SMILES string of the molecule is CN[C@H](CC(C)C)C(=O)N[C@@H](C(=O)N[C@H](Cc1ccccc1)C(=O)N[C@H](Cc1cccc(F)c1)C(=O)N[C@H](CC(C)C)C(N)=O)C(C)C. The molecule has 2 rings (SSSR count). The Labute approximate surface area is 283 Å². The molecule has 2 aromatic rings. The Morgan fingerprint density at radius 1 is 0.625 bits per heavy atom. The van der Waals surface area contributed by atoms with E-state index in [1.165, 1.54) is 18.2 Å². The molecule has 5 amide bonds. The van der Waals surface area contributed by atoms with Gasteiger partial charge in [0.25, 0.3) is 0 Å². The first-order valence-electron chi connectivity index (χ1n) is 16.6. The smallest absolute Gasteiger partial charge is 0.243 e. The molecule has 0 aliphatic carbocycles. The van der Waals surface area contributed by atoms with E-state index < -0.39 is 59.7 Å². The maximum atomic E-state index is 14.1. The number of primary amides is 1. The summed E-state index contributed by atoms with van der Waals surface area (Å²) in [4.78, 5) is 66.6. The second kappa shape index (κ2) is 19.5. The number of nitrogens with one attached hydrogen (secondary N) is 5. The molecule has 0 heterocycles. The molecule has 5 atom stereocenters. The molecule has 12 heteroatoms. The van der Waals surface area contributed by atoms with Crippen molar-refractivity contribution in [3.8, 4) is 0 Å². The monoisotopic (exact) mass is 668 g/mol. The van der Waals surface area contributed by atoms with Gasteiger partial charge in [0.1, 0.15) is 30.0 Å². The van der Waals surface area contributed by atoms with Crippen molar-refractivity contribution >= 4 is 29.5 Å². The summed E-state index contributed by atoms with van der Waals surface area (Å²) in [7, 11) is 1.68. The van der Waals surface area contributed by atoms with Crippen LogP contribution in [0.3, 0.4) is 0 Å². The Kier molecular flexibility index (Phi) is 16.2. The van der Waals surface area contributed by atoms with Crippen molar-refractivity contribution in [3.63, 3.8) is 0 Å². The quantitative estimate of drug-likeness (QED) is 0.134. The van der Waals surface area contributed by atoms with Crippen LogP contribution in [0.2, 0.25) is 0 Å². The Bertz CT molecular complexity index is 1370. The number of benzene rings is 2. The van der Waals surface area contributed by atoms with Gasteiger partial charge in [0.15, 0.2) is 0 Å². The van der Waals surface area contributed by atoms with Crippen LogP contribution in [0.25, 0.3) is 0 Å². The molecule has 0 unspecified atom stereocenters. The third-order valence-corrected chi connectivity index (χ3v) is 7.86. The number of nitrogens with two attached hydrogens (primary N) is 1. The number of amides is 5. The number of halogens is 1. The summed E-state index contributed by atoms with van der Waals surface area (Å²) >= 11 is 0. The van der Waals surface area contributed by atoms with Gasteiger partial charge in [0.05, 0.1) is 6.04 Å². The number of carbonyl (C=O) groups excluding carboxylic acids is 5. The fourth-order valence-corrected chi connectivity index (χ4v) is 5.31. The molecule has 0 radical (unpaired) electrons. The molecule has 0 aliphatic heterocycles. The van der Waals surface area contributed by atoms with Crippen LogP contribution in [-0.2, 0) is 36.8 Å². The number of hydrogen-bond donors (Lipinski definition) is 6. The summed E-state index contributed by atoms with van der Waals surface area (Å²) in [6.07, 6.45) is 0.828. The van der Waals surface area contributed by atoms with Gasteiger partial charge in [-0.05, 0) is 60.9 Å². The van der Waals surface area contributed by atoms with Gasteiger partial charge in [-0.15, -0.1) is 0 Å². The van der Waals surface area contributed by atoms with E-state index in [1.807, 2.05) is 33.8 Å². The van der Waals surface area contributed by atoms with Crippen molar-refractivity contribution in [2.45, 2.75) is 97.4 Å². The highest BCUT2D eigenvalue weighted by molar-refractivity contribution is 5.96. The van der Waals surface area contributed by atoms with Crippen LogP contribution in [0.5, 0.6) is 0 Å². The minimum absolute atomic E-state index is 0.0349. The predicted molar refractivity (Wildman–Crippen MR) is 184 cm³/mol. The zero-order chi connectivity index (χ0) is 36.0. The molecule has 7 N–H and O–H groups in total. The zero-order valence-electron chi connectivity index (χ0n) is 29.1. The van der Waals surface area contributed by atoms with E-state index in [9.17, 15) is 28.4 Å². The van der Waals surface area contributed by atoms with E-state index in [2.05, 4.69) is 26.6 Å². The molecule has 264 valence electrons. The predicted octanol–water partition coefficient (Wildman–Crippen LogP) is 2.37. The van der Waals surface area contributed by atoms with Gasteiger partial charge in [-0.1, -0.05) is 84.0 Å². The molecular formula is C36H53FN6O5. The van der Waals surface area contributed by atoms with Crippen LogP contribution in [0.4, 0.5) is 4.39 Å². The molecule has 48 heavy (non-hydrogen) atoms. The molecule has 0 saturated carbocycles. The molecule has 0 aliphatic rings. The van der Waals surface area contributed by atoms with E-state index in [-0.39, 0.29) is 42.9 Å². The van der Waals surface area contributed by atoms with Gasteiger partial charge < -0.3 is 32.3 Å². The van der Waals surface area contributed by atoms with Crippen LogP contribution in [0.1, 0.15) is 65.5 Å². The number of hydrogen-bond acceptors (Lipinski definition) is 6. The van der Waals surface area contributed by atoms with Crippen molar-refractivity contribution in [3.05, 3.63) is 71.5 Å². The van der Waals surface area contributed by atoms with Crippen LogP contribution in [-0.4, -0.2) is 66.8 Å². The van der Waals surface area contributed by atoms with Crippen LogP contribution >= 0.6 is 0 Å². The zero-order valence-corrected chi connectivity index (χ0v) is 29.1. The highest BCUT2D eigenvalue weighted by Gasteiger charge is 2.33. The van der Waals surface area contributed by atoms with Gasteiger partial charge >= 0.3 is 0 Å². The topological polar surface area (TPSA) is 172 Å². The first kappa shape index (κ1) is 39.9. The Hall–Kier alpha value is -4.32. The van der Waals surface area contributed by atoms with E-state index in [0.717, 1.165) is 5.56 Å². The van der Waals surface area contributed by atoms with Crippen molar-refractivity contribution in [2.24, 2.45) is 23.5 Å². The molecule has 0 spiro atoms. The van der Waals surface area contributed by atoms with E-state index in [4.69, 9.17) is 5.73 Å². The first-order chi connectivity index (χ1) is 22.6. The summed E-state index contributed by atoms with van der Waals surface area (Å²) in [5.41, 5.74) is 6.74. The van der Waals surface area contributed by atoms with Gasteiger partial charge in [0.2, 0.25) is 29.5 Å². The summed E-state index contributed by atoms with van der Waals surface area (Å²) in [6.45, 7) is 11.3. The maximum absolute atomic E-state index is 14.1. The average molecular weight is 669 g/mol. The van der Waals surface area contributed by atoms with Gasteiger partial charge in [0, 0.05) is 12.8 Å². The third-order valence-electron chi connectivity index (χ3n) is 7.86. The third kappa shape index (κ3) is 13.4. The van der Waals surface area contributed by atoms with Crippen LogP contribution < -0.4 is 32.3 Å². The summed E-state index contributed by atoms with van der Waals surface area (Å²) in [5, 5.41) is 14.0. The first-order valence-corrected chi connectivity index (χ1v) is 16.6. The lowest BCUT2D eigenvalue weighted by molar-refractivity contribution is -0.135.